The molecule has 1 aliphatic heterocycles. The molecule has 2 unspecified atom stereocenters. The van der Waals surface area contributed by atoms with Gasteiger partial charge in [-0.2, -0.15) is 13.2 Å². The lowest BCUT2D eigenvalue weighted by Gasteiger charge is -2.18. The molecule has 0 saturated carbocycles. The standard InChI is InChI=1S/C24H24N6O2S.C2HF3O2/c1-14-10-16(18-4-2-3-5-20(18)26-14)13-32-17-8-6-15(7-9-17)23(31)27-21-12-25-11-19(21)22-28-24(33)30-29-22;3-2(4,5)1(6)7/h2-10,19,21,25H,11-13H2,1H3,(H,27,31)(H2,28,29,30,33);(H,6,7). The first-order valence-electron chi connectivity index (χ1n) is 12.1. The van der Waals surface area contributed by atoms with Crippen molar-refractivity contribution >= 4 is 35.0 Å². The van der Waals surface area contributed by atoms with Crippen molar-refractivity contribution in [1.82, 2.24) is 30.8 Å². The highest BCUT2D eigenvalue weighted by atomic mass is 32.1. The first-order chi connectivity index (χ1) is 19.0. The van der Waals surface area contributed by atoms with Gasteiger partial charge in [0.15, 0.2) is 0 Å². The molecule has 5 N–H and O–H groups in total. The van der Waals surface area contributed by atoms with Crippen LogP contribution in [0.2, 0.25) is 0 Å². The Morgan fingerprint density at radius 2 is 1.80 bits per heavy atom. The number of carbonyl (C=O) groups is 2. The van der Waals surface area contributed by atoms with Crippen LogP contribution < -0.4 is 15.4 Å². The molecule has 10 nitrogen and oxygen atoms in total. The van der Waals surface area contributed by atoms with E-state index in [-0.39, 0.29) is 17.9 Å². The summed E-state index contributed by atoms with van der Waals surface area (Å²) in [5.41, 5.74) is 3.57. The number of hydrogen-bond acceptors (Lipinski definition) is 7. The molecule has 0 spiro atoms. The molecule has 5 rings (SSSR count). The molecule has 0 aliphatic carbocycles. The number of carboxylic acid groups (broad SMARTS) is 1. The number of nitrogens with one attached hydrogen (secondary N) is 4. The van der Waals surface area contributed by atoms with Gasteiger partial charge in [0.1, 0.15) is 18.2 Å². The van der Waals surface area contributed by atoms with Gasteiger partial charge in [-0.3, -0.25) is 20.0 Å². The van der Waals surface area contributed by atoms with Crippen molar-refractivity contribution in [2.24, 2.45) is 0 Å². The molecule has 1 aliphatic rings. The number of H-pyrrole nitrogens is 2. The molecule has 14 heteroatoms. The zero-order valence-electron chi connectivity index (χ0n) is 21.1. The van der Waals surface area contributed by atoms with Crippen molar-refractivity contribution in [1.29, 1.82) is 0 Å². The number of carboxylic acids is 1. The molecule has 40 heavy (non-hydrogen) atoms. The summed E-state index contributed by atoms with van der Waals surface area (Å²) in [5, 5.41) is 20.4. The van der Waals surface area contributed by atoms with Gasteiger partial charge in [0, 0.05) is 35.3 Å². The Labute approximate surface area is 231 Å². The summed E-state index contributed by atoms with van der Waals surface area (Å²) in [4.78, 5) is 30.6. The summed E-state index contributed by atoms with van der Waals surface area (Å²) < 4.78 is 38.2. The number of alkyl halides is 3. The number of para-hydroxylation sites is 1. The quantitative estimate of drug-likeness (QED) is 0.217. The third-order valence-corrected chi connectivity index (χ3v) is 6.28. The molecule has 3 heterocycles. The van der Waals surface area contributed by atoms with E-state index in [0.29, 0.717) is 29.2 Å². The molecule has 210 valence electrons. The van der Waals surface area contributed by atoms with Crippen LogP contribution in [-0.4, -0.2) is 62.5 Å². The fraction of sp³-hybridized carbons (Fsp3) is 0.269. The average Bonchev–Trinajstić information content (AvgIpc) is 3.55. The minimum atomic E-state index is -5.08. The van der Waals surface area contributed by atoms with Crippen molar-refractivity contribution in [2.45, 2.75) is 31.7 Å². The maximum atomic E-state index is 12.8. The highest BCUT2D eigenvalue weighted by Crippen LogP contribution is 2.22. The number of benzene rings is 2. The number of aliphatic carboxylic acids is 1. The highest BCUT2D eigenvalue weighted by Gasteiger charge is 2.38. The minimum absolute atomic E-state index is 0.0307. The summed E-state index contributed by atoms with van der Waals surface area (Å²) in [5.74, 6) is -1.41. The number of aryl methyl sites for hydroxylation is 1. The fourth-order valence-corrected chi connectivity index (χ4v) is 4.36. The van der Waals surface area contributed by atoms with Gasteiger partial charge in [-0.15, -0.1) is 0 Å². The second-order valence-corrected chi connectivity index (χ2v) is 9.34. The molecule has 1 saturated heterocycles. The molecule has 2 atom stereocenters. The largest absolute Gasteiger partial charge is 0.490 e. The Balaban J connectivity index is 0.000000470. The number of halogens is 3. The maximum absolute atomic E-state index is 12.8. The van der Waals surface area contributed by atoms with E-state index in [1.54, 1.807) is 12.1 Å². The molecule has 4 aromatic rings. The summed E-state index contributed by atoms with van der Waals surface area (Å²) >= 11 is 5.04. The lowest BCUT2D eigenvalue weighted by molar-refractivity contribution is -0.192. The van der Waals surface area contributed by atoms with Crippen LogP contribution in [0, 0.1) is 11.7 Å². The molecule has 1 amide bonds. The van der Waals surface area contributed by atoms with E-state index in [0.717, 1.165) is 34.5 Å². The highest BCUT2D eigenvalue weighted by molar-refractivity contribution is 7.71. The molecule has 1 fully saturated rings. The number of aromatic nitrogens is 4. The zero-order chi connectivity index (χ0) is 28.9. The average molecular weight is 575 g/mol. The number of pyridine rings is 1. The zero-order valence-corrected chi connectivity index (χ0v) is 21.9. The first-order valence-corrected chi connectivity index (χ1v) is 12.5. The molecule has 2 aromatic carbocycles. The topological polar surface area (TPSA) is 145 Å². The number of nitrogens with zero attached hydrogens (tertiary/aromatic N) is 2. The lowest BCUT2D eigenvalue weighted by atomic mass is 10.0. The Morgan fingerprint density at radius 1 is 1.10 bits per heavy atom. The van der Waals surface area contributed by atoms with Gasteiger partial charge in [-0.25, -0.2) is 9.78 Å². The fourth-order valence-electron chi connectivity index (χ4n) is 4.21. The predicted octanol–water partition coefficient (Wildman–Crippen LogP) is 4.02. The number of hydrogen-bond donors (Lipinski definition) is 5. The van der Waals surface area contributed by atoms with Crippen molar-refractivity contribution in [3.05, 3.63) is 82.0 Å². The molecular formula is C26H25F3N6O4S. The minimum Gasteiger partial charge on any atom is -0.489 e. The number of carbonyl (C=O) groups excluding carboxylic acids is 1. The Bertz CT molecular complexity index is 1550. The van der Waals surface area contributed by atoms with Crippen LogP contribution in [-0.2, 0) is 11.4 Å². The number of amides is 1. The molecule has 2 aromatic heterocycles. The second kappa shape index (κ2) is 12.3. The van der Waals surface area contributed by atoms with Crippen LogP contribution in [0.3, 0.4) is 0 Å². The van der Waals surface area contributed by atoms with E-state index in [4.69, 9.17) is 26.9 Å². The van der Waals surface area contributed by atoms with Gasteiger partial charge >= 0.3 is 12.1 Å². The van der Waals surface area contributed by atoms with E-state index < -0.39 is 12.1 Å². The van der Waals surface area contributed by atoms with Crippen molar-refractivity contribution < 1.29 is 32.6 Å². The van der Waals surface area contributed by atoms with Gasteiger partial charge in [-0.05, 0) is 55.5 Å². The number of fused-ring (bicyclic) bond motifs is 1. The number of aromatic amines is 2. The lowest BCUT2D eigenvalue weighted by Crippen LogP contribution is -2.39. The summed E-state index contributed by atoms with van der Waals surface area (Å²) in [7, 11) is 0. The van der Waals surface area contributed by atoms with Crippen LogP contribution in [0.4, 0.5) is 13.2 Å². The molecular weight excluding hydrogens is 549 g/mol. The third kappa shape index (κ3) is 7.21. The summed E-state index contributed by atoms with van der Waals surface area (Å²) in [6.07, 6.45) is -5.08. The van der Waals surface area contributed by atoms with Gasteiger partial charge in [-0.1, -0.05) is 18.2 Å². The van der Waals surface area contributed by atoms with Gasteiger partial charge in [0.05, 0.1) is 17.5 Å². The van der Waals surface area contributed by atoms with Crippen molar-refractivity contribution in [2.75, 3.05) is 13.1 Å². The van der Waals surface area contributed by atoms with Crippen molar-refractivity contribution in [3.63, 3.8) is 0 Å². The van der Waals surface area contributed by atoms with Crippen LogP contribution in [0.15, 0.2) is 54.6 Å². The third-order valence-electron chi connectivity index (χ3n) is 6.08. The second-order valence-electron chi connectivity index (χ2n) is 8.95. The van der Waals surface area contributed by atoms with E-state index in [2.05, 4.69) is 36.9 Å². The molecule has 0 bridgehead atoms. The summed E-state index contributed by atoms with van der Waals surface area (Å²) in [6, 6.07) is 17.2. The van der Waals surface area contributed by atoms with Crippen LogP contribution >= 0.6 is 12.2 Å². The van der Waals surface area contributed by atoms with Crippen LogP contribution in [0.25, 0.3) is 10.9 Å². The van der Waals surface area contributed by atoms with Gasteiger partial charge in [0.25, 0.3) is 5.91 Å². The smallest absolute Gasteiger partial charge is 0.489 e. The monoisotopic (exact) mass is 574 g/mol. The number of rotatable bonds is 6. The predicted molar refractivity (Wildman–Crippen MR) is 142 cm³/mol. The van der Waals surface area contributed by atoms with Crippen LogP contribution in [0.5, 0.6) is 5.75 Å². The summed E-state index contributed by atoms with van der Waals surface area (Å²) in [6.45, 7) is 3.80. The first kappa shape index (κ1) is 28.7. The van der Waals surface area contributed by atoms with Gasteiger partial charge < -0.3 is 20.5 Å². The van der Waals surface area contributed by atoms with E-state index in [1.165, 1.54) is 0 Å². The molecule has 0 radical (unpaired) electrons. The van der Waals surface area contributed by atoms with Crippen LogP contribution in [0.1, 0.15) is 33.4 Å². The van der Waals surface area contributed by atoms with Gasteiger partial charge in [0.2, 0.25) is 4.77 Å². The Morgan fingerprint density at radius 3 is 2.45 bits per heavy atom. The van der Waals surface area contributed by atoms with E-state index in [9.17, 15) is 18.0 Å². The number of ether oxygens (including phenoxy) is 1. The Kier molecular flexibility index (Phi) is 8.80. The van der Waals surface area contributed by atoms with E-state index >= 15 is 0 Å². The normalized spacial score (nSPS) is 16.7. The SMILES string of the molecule is Cc1cc(COc2ccc(C(=O)NC3CNCC3c3nc(=S)[nH][nH]3)cc2)c2ccccc2n1.O=C(O)C(F)(F)F. The van der Waals surface area contributed by atoms with E-state index in [1.807, 2.05) is 43.3 Å². The van der Waals surface area contributed by atoms with Crippen molar-refractivity contribution in [3.8, 4) is 5.75 Å². The maximum Gasteiger partial charge on any atom is 0.490 e. The Hall–Kier alpha value is -4.30.